The minimum absolute atomic E-state index is 0.227. The van der Waals surface area contributed by atoms with E-state index in [1.807, 2.05) is 12.1 Å². The molecule has 5 unspecified atom stereocenters. The van der Waals surface area contributed by atoms with Crippen LogP contribution in [0.4, 0.5) is 0 Å². The van der Waals surface area contributed by atoms with E-state index in [-0.39, 0.29) is 6.61 Å². The van der Waals surface area contributed by atoms with Crippen molar-refractivity contribution in [1.82, 2.24) is 5.06 Å². The summed E-state index contributed by atoms with van der Waals surface area (Å²) in [7, 11) is 2.00. The van der Waals surface area contributed by atoms with E-state index in [1.165, 1.54) is 37.7 Å². The first-order chi connectivity index (χ1) is 14.6. The lowest BCUT2D eigenvalue weighted by Gasteiger charge is -2.50. The molecule has 2 fully saturated rings. The van der Waals surface area contributed by atoms with Crippen molar-refractivity contribution in [1.29, 1.82) is 0 Å². The van der Waals surface area contributed by atoms with Crippen LogP contribution in [0.1, 0.15) is 68.9 Å². The van der Waals surface area contributed by atoms with Crippen molar-refractivity contribution < 1.29 is 14.7 Å². The lowest BCUT2D eigenvalue weighted by Crippen LogP contribution is -2.44. The average Bonchev–Trinajstić information content (AvgIpc) is 3.08. The Hall–Kier alpha value is -0.750. The molecule has 0 heterocycles. The highest BCUT2D eigenvalue weighted by molar-refractivity contribution is 7.80. The zero-order valence-corrected chi connectivity index (χ0v) is 19.6. The third-order valence-corrected chi connectivity index (χ3v) is 8.44. The number of aryl methyl sites for hydroxylation is 1. The van der Waals surface area contributed by atoms with Crippen LogP contribution in [0.15, 0.2) is 18.2 Å². The predicted octanol–water partition coefficient (Wildman–Crippen LogP) is 4.86. The summed E-state index contributed by atoms with van der Waals surface area (Å²) in [5.41, 5.74) is 3.38. The van der Waals surface area contributed by atoms with E-state index < -0.39 is 0 Å². The first-order valence-corrected chi connectivity index (χ1v) is 12.6. The number of aliphatic hydroxyl groups is 1. The highest BCUT2D eigenvalue weighted by Gasteiger charge is 2.55. The summed E-state index contributed by atoms with van der Waals surface area (Å²) in [6.45, 7) is 4.31. The smallest absolute Gasteiger partial charge is 0.147 e. The van der Waals surface area contributed by atoms with Gasteiger partial charge in [0.25, 0.3) is 0 Å². The third-order valence-electron chi connectivity index (χ3n) is 8.12. The van der Waals surface area contributed by atoms with Crippen molar-refractivity contribution >= 4 is 12.6 Å². The Balaban J connectivity index is 1.44. The van der Waals surface area contributed by atoms with Gasteiger partial charge in [0.15, 0.2) is 0 Å². The van der Waals surface area contributed by atoms with Crippen molar-refractivity contribution in [3.05, 3.63) is 29.3 Å². The summed E-state index contributed by atoms with van der Waals surface area (Å²) in [4.78, 5) is 6.03. The SMILES string of the molecule is CN(CCCS)Oc1ccc2c(c1)CCC1C2CCC2(C)C(OCCCO)CCC12. The molecule has 1 aromatic rings. The van der Waals surface area contributed by atoms with Crippen molar-refractivity contribution in [2.45, 2.75) is 70.3 Å². The van der Waals surface area contributed by atoms with Crippen LogP contribution in [-0.2, 0) is 11.2 Å². The number of hydrogen-bond donors (Lipinski definition) is 2. The molecule has 2 saturated carbocycles. The molecule has 5 heteroatoms. The number of fused-ring (bicyclic) bond motifs is 5. The van der Waals surface area contributed by atoms with Gasteiger partial charge in [0.1, 0.15) is 5.75 Å². The standard InChI is InChI=1S/C25H39NO3S/c1-25-12-11-21-20-8-6-19(29-26(2)13-3-16-30)17-18(20)5-7-22(21)23(25)9-10-24(25)28-15-4-14-27/h6,8,17,21-24,27,30H,3-5,7,9-16H2,1-2H3. The molecular formula is C25H39NO3S. The van der Waals surface area contributed by atoms with Gasteiger partial charge in [0.05, 0.1) is 6.10 Å². The van der Waals surface area contributed by atoms with E-state index in [2.05, 4.69) is 37.8 Å². The second-order valence-corrected chi connectivity index (χ2v) is 10.3. The van der Waals surface area contributed by atoms with Crippen molar-refractivity contribution in [2.24, 2.45) is 17.3 Å². The zero-order valence-electron chi connectivity index (χ0n) is 18.7. The van der Waals surface area contributed by atoms with Gasteiger partial charge in [-0.15, -0.1) is 5.06 Å². The van der Waals surface area contributed by atoms with Crippen LogP contribution in [0.3, 0.4) is 0 Å². The first-order valence-electron chi connectivity index (χ1n) is 11.9. The van der Waals surface area contributed by atoms with Crippen LogP contribution < -0.4 is 4.84 Å². The molecule has 4 rings (SSSR count). The van der Waals surface area contributed by atoms with E-state index in [9.17, 15) is 0 Å². The molecule has 4 nitrogen and oxygen atoms in total. The summed E-state index contributed by atoms with van der Waals surface area (Å²) in [5.74, 6) is 4.10. The quantitative estimate of drug-likeness (QED) is 0.332. The molecule has 0 aliphatic heterocycles. The molecule has 0 radical (unpaired) electrons. The minimum Gasteiger partial charge on any atom is -0.406 e. The maximum absolute atomic E-state index is 9.10. The molecular weight excluding hydrogens is 394 g/mol. The maximum Gasteiger partial charge on any atom is 0.147 e. The maximum atomic E-state index is 9.10. The van der Waals surface area contributed by atoms with Gasteiger partial charge in [-0.2, -0.15) is 12.6 Å². The van der Waals surface area contributed by atoms with Gasteiger partial charge < -0.3 is 14.7 Å². The van der Waals surface area contributed by atoms with Gasteiger partial charge in [0.2, 0.25) is 0 Å². The van der Waals surface area contributed by atoms with Gasteiger partial charge in [-0.3, -0.25) is 0 Å². The van der Waals surface area contributed by atoms with E-state index in [4.69, 9.17) is 14.7 Å². The van der Waals surface area contributed by atoms with Crippen molar-refractivity contribution in [3.8, 4) is 5.75 Å². The number of thiol groups is 1. The average molecular weight is 434 g/mol. The van der Waals surface area contributed by atoms with E-state index in [0.29, 0.717) is 24.0 Å². The number of ether oxygens (including phenoxy) is 1. The van der Waals surface area contributed by atoms with Crippen LogP contribution >= 0.6 is 12.6 Å². The fourth-order valence-electron chi connectivity index (χ4n) is 6.65. The monoisotopic (exact) mass is 433 g/mol. The Kier molecular flexibility index (Phi) is 7.34. The second kappa shape index (κ2) is 9.81. The van der Waals surface area contributed by atoms with Crippen LogP contribution in [0, 0.1) is 17.3 Å². The molecule has 0 saturated heterocycles. The summed E-state index contributed by atoms with van der Waals surface area (Å²) in [6.07, 6.45) is 9.63. The fourth-order valence-corrected chi connectivity index (χ4v) is 6.79. The zero-order chi connectivity index (χ0) is 21.1. The third kappa shape index (κ3) is 4.41. The topological polar surface area (TPSA) is 41.9 Å². The second-order valence-electron chi connectivity index (χ2n) is 9.85. The van der Waals surface area contributed by atoms with Crippen molar-refractivity contribution in [3.63, 3.8) is 0 Å². The van der Waals surface area contributed by atoms with Crippen LogP contribution in [0.25, 0.3) is 0 Å². The molecule has 3 aliphatic rings. The van der Waals surface area contributed by atoms with Crippen molar-refractivity contribution in [2.75, 3.05) is 32.6 Å². The minimum atomic E-state index is 0.227. The number of benzene rings is 1. The fraction of sp³-hybridized carbons (Fsp3) is 0.760. The van der Waals surface area contributed by atoms with Crippen LogP contribution in [0.5, 0.6) is 5.75 Å². The normalized spacial score (nSPS) is 32.6. The van der Waals surface area contributed by atoms with Crippen LogP contribution in [0.2, 0.25) is 0 Å². The molecule has 1 aromatic carbocycles. The lowest BCUT2D eigenvalue weighted by atomic mass is 9.55. The summed E-state index contributed by atoms with van der Waals surface area (Å²) < 4.78 is 6.26. The summed E-state index contributed by atoms with van der Waals surface area (Å²) in [6, 6.07) is 6.80. The lowest BCUT2D eigenvalue weighted by molar-refractivity contribution is -0.0662. The van der Waals surface area contributed by atoms with Crippen LogP contribution in [-0.4, -0.2) is 48.8 Å². The Morgan fingerprint density at radius 1 is 1.20 bits per heavy atom. The Morgan fingerprint density at radius 3 is 2.87 bits per heavy atom. The molecule has 0 bridgehead atoms. The Bertz CT molecular complexity index is 714. The van der Waals surface area contributed by atoms with E-state index in [0.717, 1.165) is 49.1 Å². The Labute approximate surface area is 187 Å². The van der Waals surface area contributed by atoms with Gasteiger partial charge in [-0.25, -0.2) is 0 Å². The highest BCUT2D eigenvalue weighted by atomic mass is 32.1. The molecule has 0 aromatic heterocycles. The summed E-state index contributed by atoms with van der Waals surface area (Å²) in [5, 5.41) is 11.0. The van der Waals surface area contributed by atoms with Gasteiger partial charge >= 0.3 is 0 Å². The number of hydrogen-bond acceptors (Lipinski definition) is 5. The van der Waals surface area contributed by atoms with E-state index in [1.54, 1.807) is 5.56 Å². The summed E-state index contributed by atoms with van der Waals surface area (Å²) >= 11 is 4.29. The largest absolute Gasteiger partial charge is 0.406 e. The molecule has 3 aliphatic carbocycles. The number of nitrogens with zero attached hydrogens (tertiary/aromatic N) is 1. The van der Waals surface area contributed by atoms with Gasteiger partial charge in [-0.1, -0.05) is 13.0 Å². The highest BCUT2D eigenvalue weighted by Crippen LogP contribution is 2.61. The molecule has 0 amide bonds. The Morgan fingerprint density at radius 2 is 2.07 bits per heavy atom. The number of hydroxylamine groups is 2. The van der Waals surface area contributed by atoms with Gasteiger partial charge in [-0.05, 0) is 104 Å². The molecule has 0 spiro atoms. The molecule has 30 heavy (non-hydrogen) atoms. The predicted molar refractivity (Wildman–Crippen MR) is 124 cm³/mol. The first kappa shape index (κ1) is 22.4. The number of rotatable bonds is 9. The number of aliphatic hydroxyl groups excluding tert-OH is 1. The van der Waals surface area contributed by atoms with Gasteiger partial charge in [0, 0.05) is 26.8 Å². The molecule has 5 atom stereocenters. The molecule has 168 valence electrons. The molecule has 1 N–H and O–H groups in total. The van der Waals surface area contributed by atoms with E-state index >= 15 is 0 Å².